The van der Waals surface area contributed by atoms with Crippen molar-refractivity contribution in [2.75, 3.05) is 6.61 Å². The molecule has 1 fully saturated rings. The van der Waals surface area contributed by atoms with Crippen LogP contribution in [0.1, 0.15) is 26.2 Å². The van der Waals surface area contributed by atoms with Gasteiger partial charge in [0.25, 0.3) is 0 Å². The van der Waals surface area contributed by atoms with E-state index in [1.165, 1.54) is 0 Å². The highest BCUT2D eigenvalue weighted by atomic mass is 35.5. The number of aromatic nitrogens is 2. The highest BCUT2D eigenvalue weighted by Gasteiger charge is 2.28. The minimum atomic E-state index is -0.250. The van der Waals surface area contributed by atoms with Gasteiger partial charge in [-0.2, -0.15) is 5.10 Å². The fraction of sp³-hybridized carbons (Fsp3) is 0.667. The van der Waals surface area contributed by atoms with Gasteiger partial charge in [0.1, 0.15) is 6.04 Å². The topological polar surface area (TPSA) is 56.2 Å². The molecule has 1 aromatic rings. The standard InChI is InChI=1S/C12H18ClN3O2/c1-2-18-12(17)11(15-10-3-4-10)5-6-16-8-9(13)7-14-16/h7-8,10-11,15H,2-6H2,1H3. The number of carbonyl (C=O) groups excluding carboxylic acids is 1. The molecule has 1 heterocycles. The molecular weight excluding hydrogens is 254 g/mol. The number of esters is 1. The molecule has 0 radical (unpaired) electrons. The van der Waals surface area contributed by atoms with Crippen molar-refractivity contribution in [1.82, 2.24) is 15.1 Å². The van der Waals surface area contributed by atoms with Crippen LogP contribution in [0.5, 0.6) is 0 Å². The smallest absolute Gasteiger partial charge is 0.323 e. The van der Waals surface area contributed by atoms with Gasteiger partial charge in [-0.05, 0) is 26.2 Å². The van der Waals surface area contributed by atoms with Gasteiger partial charge in [-0.15, -0.1) is 0 Å². The molecule has 0 aliphatic heterocycles. The second-order valence-corrected chi connectivity index (χ2v) is 4.89. The lowest BCUT2D eigenvalue weighted by Crippen LogP contribution is -2.40. The summed E-state index contributed by atoms with van der Waals surface area (Å²) >= 11 is 5.79. The van der Waals surface area contributed by atoms with Crippen LogP contribution < -0.4 is 5.32 Å². The third-order valence-electron chi connectivity index (χ3n) is 2.83. The van der Waals surface area contributed by atoms with E-state index in [2.05, 4.69) is 10.4 Å². The molecule has 5 nitrogen and oxygen atoms in total. The van der Waals surface area contributed by atoms with E-state index < -0.39 is 0 Å². The zero-order valence-electron chi connectivity index (χ0n) is 10.4. The minimum Gasteiger partial charge on any atom is -0.465 e. The molecule has 1 atom stereocenters. The molecule has 1 unspecified atom stereocenters. The Morgan fingerprint density at radius 1 is 1.72 bits per heavy atom. The van der Waals surface area contributed by atoms with Gasteiger partial charge in [0, 0.05) is 18.8 Å². The molecule has 100 valence electrons. The SMILES string of the molecule is CCOC(=O)C(CCn1cc(Cl)cn1)NC1CC1. The zero-order chi connectivity index (χ0) is 13.0. The molecule has 6 heteroatoms. The average Bonchev–Trinajstić information content (AvgIpc) is 3.06. The van der Waals surface area contributed by atoms with Gasteiger partial charge in [-0.25, -0.2) is 0 Å². The van der Waals surface area contributed by atoms with Gasteiger partial charge in [-0.1, -0.05) is 11.6 Å². The van der Waals surface area contributed by atoms with Gasteiger partial charge in [0.05, 0.1) is 17.8 Å². The largest absolute Gasteiger partial charge is 0.465 e. The van der Waals surface area contributed by atoms with Gasteiger partial charge in [-0.3, -0.25) is 9.48 Å². The van der Waals surface area contributed by atoms with E-state index in [1.807, 2.05) is 6.92 Å². The van der Waals surface area contributed by atoms with Crippen LogP contribution in [0.15, 0.2) is 12.4 Å². The lowest BCUT2D eigenvalue weighted by atomic mass is 10.2. The summed E-state index contributed by atoms with van der Waals surface area (Å²) in [6.45, 7) is 2.88. The zero-order valence-corrected chi connectivity index (χ0v) is 11.2. The highest BCUT2D eigenvalue weighted by Crippen LogP contribution is 2.20. The van der Waals surface area contributed by atoms with E-state index >= 15 is 0 Å². The van der Waals surface area contributed by atoms with Crippen molar-refractivity contribution in [3.05, 3.63) is 17.4 Å². The van der Waals surface area contributed by atoms with Crippen molar-refractivity contribution >= 4 is 17.6 Å². The molecule has 0 saturated heterocycles. The van der Waals surface area contributed by atoms with E-state index in [0.717, 1.165) is 12.8 Å². The number of nitrogens with one attached hydrogen (secondary N) is 1. The first-order chi connectivity index (χ1) is 8.69. The predicted octanol–water partition coefficient (Wildman–Crippen LogP) is 1.61. The molecule has 0 bridgehead atoms. The Morgan fingerprint density at radius 2 is 2.50 bits per heavy atom. The summed E-state index contributed by atoms with van der Waals surface area (Å²) in [5, 5.41) is 8.01. The summed E-state index contributed by atoms with van der Waals surface area (Å²) < 4.78 is 6.81. The Labute approximate surface area is 111 Å². The maximum atomic E-state index is 11.8. The van der Waals surface area contributed by atoms with Crippen LogP contribution in [-0.4, -0.2) is 34.4 Å². The molecule has 1 aliphatic rings. The van der Waals surface area contributed by atoms with Crippen LogP contribution >= 0.6 is 11.6 Å². The fourth-order valence-corrected chi connectivity index (χ4v) is 1.92. The molecule has 0 aromatic carbocycles. The van der Waals surface area contributed by atoms with Crippen LogP contribution in [0, 0.1) is 0 Å². The molecule has 1 saturated carbocycles. The Balaban J connectivity index is 1.85. The Bertz CT molecular complexity index is 404. The van der Waals surface area contributed by atoms with Gasteiger partial charge in [0.2, 0.25) is 0 Å². The van der Waals surface area contributed by atoms with Crippen molar-refractivity contribution in [3.8, 4) is 0 Å². The van der Waals surface area contributed by atoms with Gasteiger partial charge >= 0.3 is 5.97 Å². The van der Waals surface area contributed by atoms with Crippen molar-refractivity contribution in [3.63, 3.8) is 0 Å². The molecule has 0 spiro atoms. The quantitative estimate of drug-likeness (QED) is 0.766. The number of halogens is 1. The first-order valence-electron chi connectivity index (χ1n) is 6.29. The van der Waals surface area contributed by atoms with Crippen molar-refractivity contribution in [1.29, 1.82) is 0 Å². The van der Waals surface area contributed by atoms with Crippen molar-refractivity contribution in [2.24, 2.45) is 0 Å². The molecule has 2 rings (SSSR count). The Morgan fingerprint density at radius 3 is 3.06 bits per heavy atom. The third kappa shape index (κ3) is 3.99. The van der Waals surface area contributed by atoms with Crippen LogP contribution in [0.25, 0.3) is 0 Å². The second-order valence-electron chi connectivity index (χ2n) is 4.46. The number of aryl methyl sites for hydroxylation is 1. The number of hydrogen-bond donors (Lipinski definition) is 1. The molecule has 18 heavy (non-hydrogen) atoms. The highest BCUT2D eigenvalue weighted by molar-refractivity contribution is 6.30. The van der Waals surface area contributed by atoms with E-state index in [4.69, 9.17) is 16.3 Å². The fourth-order valence-electron chi connectivity index (χ4n) is 1.77. The molecule has 1 aromatic heterocycles. The van der Waals surface area contributed by atoms with E-state index in [0.29, 0.717) is 30.6 Å². The van der Waals surface area contributed by atoms with Crippen LogP contribution in [0.2, 0.25) is 5.02 Å². The lowest BCUT2D eigenvalue weighted by molar-refractivity contribution is -0.146. The summed E-state index contributed by atoms with van der Waals surface area (Å²) in [5.41, 5.74) is 0. The summed E-state index contributed by atoms with van der Waals surface area (Å²) in [6.07, 6.45) is 6.29. The molecule has 1 aliphatic carbocycles. The normalized spacial score (nSPS) is 16.6. The number of hydrogen-bond acceptors (Lipinski definition) is 4. The minimum absolute atomic E-state index is 0.178. The summed E-state index contributed by atoms with van der Waals surface area (Å²) in [4.78, 5) is 11.8. The van der Waals surface area contributed by atoms with Crippen LogP contribution in [-0.2, 0) is 16.1 Å². The summed E-state index contributed by atoms with van der Waals surface area (Å²) in [7, 11) is 0. The number of carbonyl (C=O) groups is 1. The Hall–Kier alpha value is -1.07. The van der Waals surface area contributed by atoms with Crippen molar-refractivity contribution < 1.29 is 9.53 Å². The predicted molar refractivity (Wildman–Crippen MR) is 68.4 cm³/mol. The van der Waals surface area contributed by atoms with E-state index in [9.17, 15) is 4.79 Å². The lowest BCUT2D eigenvalue weighted by Gasteiger charge is -2.16. The number of nitrogens with zero attached hydrogens (tertiary/aromatic N) is 2. The maximum absolute atomic E-state index is 11.8. The number of rotatable bonds is 7. The summed E-state index contributed by atoms with van der Waals surface area (Å²) in [5.74, 6) is -0.178. The molecular formula is C12H18ClN3O2. The van der Waals surface area contributed by atoms with E-state index in [1.54, 1.807) is 17.1 Å². The van der Waals surface area contributed by atoms with Gasteiger partial charge < -0.3 is 10.1 Å². The number of ether oxygens (including phenoxy) is 1. The van der Waals surface area contributed by atoms with Gasteiger partial charge in [0.15, 0.2) is 0 Å². The first kappa shape index (κ1) is 13.4. The molecule has 0 amide bonds. The first-order valence-corrected chi connectivity index (χ1v) is 6.67. The second kappa shape index (κ2) is 6.20. The monoisotopic (exact) mass is 271 g/mol. The van der Waals surface area contributed by atoms with Crippen LogP contribution in [0.4, 0.5) is 0 Å². The average molecular weight is 272 g/mol. The Kier molecular flexibility index (Phi) is 4.60. The van der Waals surface area contributed by atoms with Crippen LogP contribution in [0.3, 0.4) is 0 Å². The van der Waals surface area contributed by atoms with E-state index in [-0.39, 0.29) is 12.0 Å². The maximum Gasteiger partial charge on any atom is 0.323 e. The third-order valence-corrected chi connectivity index (χ3v) is 3.03. The molecule has 1 N–H and O–H groups in total. The van der Waals surface area contributed by atoms with Crippen molar-refractivity contribution in [2.45, 2.75) is 44.8 Å². The summed E-state index contributed by atoms with van der Waals surface area (Å²) in [6, 6.07) is 0.223.